The first kappa shape index (κ1) is 14.0. The van der Waals surface area contributed by atoms with E-state index in [1.54, 1.807) is 18.5 Å². The minimum absolute atomic E-state index is 0. The molecule has 0 saturated carbocycles. The standard InChI is InChI=1S/C8H11ClN2O2.Na/c1-5-8(9)6(2)11(10-5)4-3-7(12)13;/h3-4H2,1-2H3,(H,12,13);/q;+1/p-1. The normalized spacial score (nSPS) is 9.64. The van der Waals surface area contributed by atoms with Crippen LogP contribution in [-0.2, 0) is 11.3 Å². The van der Waals surface area contributed by atoms with E-state index in [0.717, 1.165) is 11.4 Å². The molecule has 0 radical (unpaired) electrons. The summed E-state index contributed by atoms with van der Waals surface area (Å²) in [5.74, 6) is -1.08. The van der Waals surface area contributed by atoms with Crippen LogP contribution in [0.5, 0.6) is 0 Å². The van der Waals surface area contributed by atoms with Crippen molar-refractivity contribution in [3.8, 4) is 0 Å². The number of aromatic nitrogens is 2. The molecule has 0 atom stereocenters. The summed E-state index contributed by atoms with van der Waals surface area (Å²) in [4.78, 5) is 10.2. The maximum absolute atomic E-state index is 10.2. The first-order valence-corrected chi connectivity index (χ1v) is 4.29. The number of hydrogen-bond acceptors (Lipinski definition) is 3. The summed E-state index contributed by atoms with van der Waals surface area (Å²) in [5.41, 5.74) is 1.51. The average molecular weight is 225 g/mol. The molecule has 0 saturated heterocycles. The quantitative estimate of drug-likeness (QED) is 0.525. The molecule has 0 spiro atoms. The Bertz CT molecular complexity index is 338. The van der Waals surface area contributed by atoms with Crippen molar-refractivity contribution in [1.82, 2.24) is 9.78 Å². The molecule has 72 valence electrons. The van der Waals surface area contributed by atoms with Gasteiger partial charge in [-0.05, 0) is 13.8 Å². The van der Waals surface area contributed by atoms with E-state index in [9.17, 15) is 9.90 Å². The molecule has 0 aliphatic rings. The van der Waals surface area contributed by atoms with Crippen LogP contribution in [0.15, 0.2) is 0 Å². The van der Waals surface area contributed by atoms with Gasteiger partial charge in [-0.15, -0.1) is 0 Å². The molecule has 0 N–H and O–H groups in total. The smallest absolute Gasteiger partial charge is 0.550 e. The number of carboxylic acid groups (broad SMARTS) is 1. The van der Waals surface area contributed by atoms with Crippen molar-refractivity contribution < 1.29 is 39.5 Å². The number of carboxylic acids is 1. The molecule has 0 bridgehead atoms. The van der Waals surface area contributed by atoms with Gasteiger partial charge >= 0.3 is 29.6 Å². The Balaban J connectivity index is 0.00000169. The summed E-state index contributed by atoms with van der Waals surface area (Å²) in [5, 5.41) is 14.9. The molecule has 4 nitrogen and oxygen atoms in total. The fourth-order valence-corrected chi connectivity index (χ4v) is 1.23. The van der Waals surface area contributed by atoms with Crippen LogP contribution in [-0.4, -0.2) is 15.7 Å². The van der Waals surface area contributed by atoms with E-state index in [-0.39, 0.29) is 36.0 Å². The van der Waals surface area contributed by atoms with Crippen LogP contribution >= 0.6 is 11.6 Å². The SMILES string of the molecule is Cc1nn(CCC(=O)[O-])c(C)c1Cl.[Na+]. The van der Waals surface area contributed by atoms with Gasteiger partial charge in [0.25, 0.3) is 0 Å². The Hall–Kier alpha value is -0.0300. The molecule has 1 rings (SSSR count). The Labute approximate surface area is 110 Å². The van der Waals surface area contributed by atoms with E-state index >= 15 is 0 Å². The summed E-state index contributed by atoms with van der Waals surface area (Å²) >= 11 is 5.87. The van der Waals surface area contributed by atoms with Crippen LogP contribution in [0.4, 0.5) is 0 Å². The molecule has 0 aliphatic heterocycles. The van der Waals surface area contributed by atoms with Gasteiger partial charge in [-0.1, -0.05) is 11.6 Å². The second kappa shape index (κ2) is 5.75. The monoisotopic (exact) mass is 224 g/mol. The maximum atomic E-state index is 10.2. The molecule has 14 heavy (non-hydrogen) atoms. The Morgan fingerprint density at radius 1 is 1.57 bits per heavy atom. The van der Waals surface area contributed by atoms with Gasteiger partial charge in [0, 0.05) is 18.9 Å². The van der Waals surface area contributed by atoms with E-state index in [1.807, 2.05) is 0 Å². The third-order valence-electron chi connectivity index (χ3n) is 1.82. The van der Waals surface area contributed by atoms with Crippen LogP contribution in [0.1, 0.15) is 17.8 Å². The number of nitrogens with zero attached hydrogens (tertiary/aromatic N) is 2. The predicted molar refractivity (Wildman–Crippen MR) is 46.3 cm³/mol. The Morgan fingerprint density at radius 3 is 2.50 bits per heavy atom. The first-order valence-electron chi connectivity index (χ1n) is 3.91. The maximum Gasteiger partial charge on any atom is 1.00 e. The summed E-state index contributed by atoms with van der Waals surface area (Å²) in [6, 6.07) is 0. The number of aryl methyl sites for hydroxylation is 2. The van der Waals surface area contributed by atoms with Crippen molar-refractivity contribution in [2.24, 2.45) is 0 Å². The summed E-state index contributed by atoms with van der Waals surface area (Å²) in [6.45, 7) is 3.89. The molecule has 1 aromatic rings. The molecular weight excluding hydrogens is 215 g/mol. The van der Waals surface area contributed by atoms with E-state index in [4.69, 9.17) is 11.6 Å². The van der Waals surface area contributed by atoms with Crippen molar-refractivity contribution >= 4 is 17.6 Å². The zero-order valence-corrected chi connectivity index (χ0v) is 11.3. The molecule has 0 unspecified atom stereocenters. The number of halogens is 1. The van der Waals surface area contributed by atoms with Crippen molar-refractivity contribution in [1.29, 1.82) is 0 Å². The third-order valence-corrected chi connectivity index (χ3v) is 2.37. The molecule has 6 heteroatoms. The van der Waals surface area contributed by atoms with Crippen molar-refractivity contribution in [3.05, 3.63) is 16.4 Å². The van der Waals surface area contributed by atoms with Gasteiger partial charge in [0.05, 0.1) is 16.4 Å². The summed E-state index contributed by atoms with van der Waals surface area (Å²) < 4.78 is 1.58. The average Bonchev–Trinajstić information content (AvgIpc) is 2.29. The zero-order chi connectivity index (χ0) is 10.0. The first-order chi connectivity index (χ1) is 6.02. The second-order valence-corrected chi connectivity index (χ2v) is 3.21. The third kappa shape index (κ3) is 3.28. The Morgan fingerprint density at radius 2 is 2.14 bits per heavy atom. The van der Waals surface area contributed by atoms with Gasteiger partial charge in [-0.3, -0.25) is 4.68 Å². The van der Waals surface area contributed by atoms with Crippen LogP contribution < -0.4 is 34.7 Å². The fraction of sp³-hybridized carbons (Fsp3) is 0.500. The molecule has 0 aromatic carbocycles. The molecule has 0 amide bonds. The topological polar surface area (TPSA) is 58.0 Å². The van der Waals surface area contributed by atoms with E-state index in [0.29, 0.717) is 11.6 Å². The van der Waals surface area contributed by atoms with Gasteiger partial charge in [-0.25, -0.2) is 0 Å². The number of carbonyl (C=O) groups is 1. The van der Waals surface area contributed by atoms with Crippen molar-refractivity contribution in [3.63, 3.8) is 0 Å². The molecule has 0 aliphatic carbocycles. The zero-order valence-electron chi connectivity index (χ0n) is 8.50. The van der Waals surface area contributed by atoms with Gasteiger partial charge in [0.2, 0.25) is 0 Å². The summed E-state index contributed by atoms with van der Waals surface area (Å²) in [7, 11) is 0. The van der Waals surface area contributed by atoms with Crippen LogP contribution in [0, 0.1) is 13.8 Å². The van der Waals surface area contributed by atoms with Crippen LogP contribution in [0.2, 0.25) is 5.02 Å². The number of hydrogen-bond donors (Lipinski definition) is 0. The Kier molecular flexibility index (Phi) is 5.74. The fourth-order valence-electron chi connectivity index (χ4n) is 1.09. The molecule has 1 heterocycles. The van der Waals surface area contributed by atoms with E-state index in [1.165, 1.54) is 0 Å². The van der Waals surface area contributed by atoms with Gasteiger partial charge in [0.15, 0.2) is 0 Å². The number of rotatable bonds is 3. The summed E-state index contributed by atoms with van der Waals surface area (Å²) in [6.07, 6.45) is -0.0434. The number of aliphatic carboxylic acids is 1. The van der Waals surface area contributed by atoms with Crippen LogP contribution in [0.3, 0.4) is 0 Å². The van der Waals surface area contributed by atoms with E-state index < -0.39 is 5.97 Å². The van der Waals surface area contributed by atoms with Crippen molar-refractivity contribution in [2.75, 3.05) is 0 Å². The van der Waals surface area contributed by atoms with Gasteiger partial charge in [-0.2, -0.15) is 5.10 Å². The van der Waals surface area contributed by atoms with Gasteiger partial charge < -0.3 is 9.90 Å². The number of carbonyl (C=O) groups excluding carboxylic acids is 1. The molecule has 1 aromatic heterocycles. The second-order valence-electron chi connectivity index (χ2n) is 2.83. The van der Waals surface area contributed by atoms with Crippen molar-refractivity contribution in [2.45, 2.75) is 26.8 Å². The van der Waals surface area contributed by atoms with Crippen LogP contribution in [0.25, 0.3) is 0 Å². The molecular formula is C8H10ClN2NaO2. The minimum Gasteiger partial charge on any atom is -0.550 e. The van der Waals surface area contributed by atoms with E-state index in [2.05, 4.69) is 5.10 Å². The molecule has 0 fully saturated rings. The largest absolute Gasteiger partial charge is 1.00 e. The minimum atomic E-state index is -1.08. The van der Waals surface area contributed by atoms with Gasteiger partial charge in [0.1, 0.15) is 0 Å². The predicted octanol–water partition coefficient (Wildman–Crippen LogP) is -2.70.